The van der Waals surface area contributed by atoms with Crippen molar-refractivity contribution in [2.45, 2.75) is 35.0 Å². The largest absolute Gasteiger partial charge is 0.396 e. The maximum atomic E-state index is 13.4. The summed E-state index contributed by atoms with van der Waals surface area (Å²) in [6, 6.07) is 5.04. The first-order chi connectivity index (χ1) is 9.17. The minimum atomic E-state index is -0.337. The van der Waals surface area contributed by atoms with Crippen LogP contribution in [0.5, 0.6) is 0 Å². The summed E-state index contributed by atoms with van der Waals surface area (Å²) in [5.74, 6) is -0.337. The number of hydrogen-bond donors (Lipinski definition) is 1. The Morgan fingerprint density at radius 2 is 2.26 bits per heavy atom. The summed E-state index contributed by atoms with van der Waals surface area (Å²) < 4.78 is 24.8. The van der Waals surface area contributed by atoms with Crippen LogP contribution in [0.15, 0.2) is 23.1 Å². The topological polar surface area (TPSA) is 44.5 Å². The van der Waals surface area contributed by atoms with Gasteiger partial charge in [0.25, 0.3) is 0 Å². The second-order valence-electron chi connectivity index (χ2n) is 5.25. The molecule has 2 heterocycles. The van der Waals surface area contributed by atoms with Crippen molar-refractivity contribution in [3.05, 3.63) is 24.0 Å². The molecule has 2 saturated heterocycles. The molecule has 2 atom stereocenters. The molecule has 2 unspecified atom stereocenters. The van der Waals surface area contributed by atoms with Crippen molar-refractivity contribution in [2.24, 2.45) is 0 Å². The number of hydrogen-bond acceptors (Lipinski definition) is 4. The van der Waals surface area contributed by atoms with Crippen LogP contribution < -0.4 is 5.73 Å². The normalized spacial score (nSPS) is 30.9. The number of nitrogens with two attached hydrogens (primary N) is 1. The van der Waals surface area contributed by atoms with Gasteiger partial charge in [0.1, 0.15) is 5.82 Å². The van der Waals surface area contributed by atoms with Gasteiger partial charge in [0.2, 0.25) is 0 Å². The van der Waals surface area contributed by atoms with Gasteiger partial charge >= 0.3 is 0 Å². The Morgan fingerprint density at radius 3 is 3.00 bits per heavy atom. The van der Waals surface area contributed by atoms with E-state index in [1.54, 1.807) is 17.8 Å². The molecule has 1 spiro atoms. The number of nitrogen functional groups attached to an aromatic ring is 1. The molecule has 3 rings (SSSR count). The summed E-state index contributed by atoms with van der Waals surface area (Å²) in [5.41, 5.74) is 5.61. The Bertz CT molecular complexity index is 463. The van der Waals surface area contributed by atoms with E-state index in [-0.39, 0.29) is 17.1 Å². The fourth-order valence-electron chi connectivity index (χ4n) is 2.72. The van der Waals surface area contributed by atoms with E-state index < -0.39 is 0 Å². The lowest BCUT2D eigenvalue weighted by atomic mass is 9.93. The fourth-order valence-corrected chi connectivity index (χ4v) is 4.02. The van der Waals surface area contributed by atoms with Gasteiger partial charge in [-0.1, -0.05) is 0 Å². The molecule has 0 bridgehead atoms. The van der Waals surface area contributed by atoms with Crippen LogP contribution in [0.4, 0.5) is 10.1 Å². The molecular weight excluding hydrogens is 265 g/mol. The predicted octanol–water partition coefficient (Wildman–Crippen LogP) is 2.84. The monoisotopic (exact) mass is 283 g/mol. The highest BCUT2D eigenvalue weighted by Crippen LogP contribution is 2.40. The molecule has 104 valence electrons. The fraction of sp³-hybridized carbons (Fsp3) is 0.571. The van der Waals surface area contributed by atoms with Gasteiger partial charge in [0, 0.05) is 29.8 Å². The van der Waals surface area contributed by atoms with Gasteiger partial charge in [-0.3, -0.25) is 0 Å². The van der Waals surface area contributed by atoms with Crippen molar-refractivity contribution in [2.75, 3.05) is 25.6 Å². The number of anilines is 1. The second-order valence-corrected chi connectivity index (χ2v) is 6.62. The lowest BCUT2D eigenvalue weighted by Crippen LogP contribution is -2.41. The third kappa shape index (κ3) is 2.88. The average Bonchev–Trinajstić information content (AvgIpc) is 2.82. The number of rotatable bonds is 2. The predicted molar refractivity (Wildman–Crippen MR) is 73.8 cm³/mol. The quantitative estimate of drug-likeness (QED) is 0.848. The standard InChI is InChI=1S/C14H18FNO2S/c15-12-7-10(1-2-13(12)16)19-11-3-5-18-14(8-11)4-6-17-9-14/h1-2,7,11H,3-6,8-9,16H2. The Kier molecular flexibility index (Phi) is 3.69. The van der Waals surface area contributed by atoms with Crippen LogP contribution in [-0.4, -0.2) is 30.7 Å². The molecule has 19 heavy (non-hydrogen) atoms. The summed E-state index contributed by atoms with van der Waals surface area (Å²) >= 11 is 1.72. The zero-order valence-electron chi connectivity index (χ0n) is 10.7. The average molecular weight is 283 g/mol. The highest BCUT2D eigenvalue weighted by molar-refractivity contribution is 8.00. The zero-order chi connectivity index (χ0) is 13.3. The Hall–Kier alpha value is -0.780. The minimum Gasteiger partial charge on any atom is -0.396 e. The van der Waals surface area contributed by atoms with Crippen LogP contribution >= 0.6 is 11.8 Å². The maximum Gasteiger partial charge on any atom is 0.147 e. The maximum absolute atomic E-state index is 13.4. The van der Waals surface area contributed by atoms with Crippen molar-refractivity contribution >= 4 is 17.4 Å². The highest BCUT2D eigenvalue weighted by Gasteiger charge is 2.41. The van der Waals surface area contributed by atoms with Crippen molar-refractivity contribution < 1.29 is 13.9 Å². The lowest BCUT2D eigenvalue weighted by Gasteiger charge is -2.36. The van der Waals surface area contributed by atoms with Gasteiger partial charge in [-0.05, 0) is 31.0 Å². The third-order valence-electron chi connectivity index (χ3n) is 3.79. The molecule has 1 aromatic carbocycles. The molecule has 0 amide bonds. The summed E-state index contributed by atoms with van der Waals surface area (Å²) in [6.45, 7) is 2.24. The molecule has 2 aliphatic heterocycles. The van der Waals surface area contributed by atoms with E-state index in [9.17, 15) is 4.39 Å². The molecule has 2 N–H and O–H groups in total. The number of thioether (sulfide) groups is 1. The van der Waals surface area contributed by atoms with E-state index in [1.807, 2.05) is 6.07 Å². The first-order valence-electron chi connectivity index (χ1n) is 6.60. The molecular formula is C14H18FNO2S. The Morgan fingerprint density at radius 1 is 1.37 bits per heavy atom. The number of halogens is 1. The molecule has 0 radical (unpaired) electrons. The van der Waals surface area contributed by atoms with Crippen LogP contribution in [0.1, 0.15) is 19.3 Å². The summed E-state index contributed by atoms with van der Waals surface area (Å²) in [5, 5.41) is 0.457. The molecule has 0 aromatic heterocycles. The summed E-state index contributed by atoms with van der Waals surface area (Å²) in [7, 11) is 0. The molecule has 5 heteroatoms. The second kappa shape index (κ2) is 5.31. The zero-order valence-corrected chi connectivity index (χ0v) is 11.5. The van der Waals surface area contributed by atoms with Crippen LogP contribution in [0, 0.1) is 5.82 Å². The summed E-state index contributed by atoms with van der Waals surface area (Å²) in [6.07, 6.45) is 2.95. The van der Waals surface area contributed by atoms with Gasteiger partial charge in [0.05, 0.1) is 17.9 Å². The van der Waals surface area contributed by atoms with Crippen molar-refractivity contribution in [3.63, 3.8) is 0 Å². The van der Waals surface area contributed by atoms with E-state index in [0.717, 1.165) is 37.4 Å². The molecule has 0 saturated carbocycles. The third-order valence-corrected chi connectivity index (χ3v) is 5.05. The molecule has 0 aliphatic carbocycles. The van der Waals surface area contributed by atoms with E-state index in [0.29, 0.717) is 11.9 Å². The number of ether oxygens (including phenoxy) is 2. The number of benzene rings is 1. The SMILES string of the molecule is Nc1ccc(SC2CCOC3(CCOC3)C2)cc1F. The Balaban J connectivity index is 1.67. The molecule has 2 fully saturated rings. The van der Waals surface area contributed by atoms with Crippen LogP contribution in [0.2, 0.25) is 0 Å². The van der Waals surface area contributed by atoms with Crippen LogP contribution in [0.3, 0.4) is 0 Å². The van der Waals surface area contributed by atoms with Crippen LogP contribution in [-0.2, 0) is 9.47 Å². The van der Waals surface area contributed by atoms with Gasteiger partial charge in [-0.2, -0.15) is 0 Å². The summed E-state index contributed by atoms with van der Waals surface area (Å²) in [4.78, 5) is 0.938. The molecule has 3 nitrogen and oxygen atoms in total. The molecule has 1 aromatic rings. The lowest BCUT2D eigenvalue weighted by molar-refractivity contribution is -0.0769. The first kappa shape index (κ1) is 13.2. The van der Waals surface area contributed by atoms with Crippen molar-refractivity contribution in [1.82, 2.24) is 0 Å². The van der Waals surface area contributed by atoms with E-state index in [2.05, 4.69) is 0 Å². The van der Waals surface area contributed by atoms with E-state index in [1.165, 1.54) is 6.07 Å². The van der Waals surface area contributed by atoms with Gasteiger partial charge in [0.15, 0.2) is 0 Å². The van der Waals surface area contributed by atoms with Crippen molar-refractivity contribution in [1.29, 1.82) is 0 Å². The van der Waals surface area contributed by atoms with Crippen LogP contribution in [0.25, 0.3) is 0 Å². The minimum absolute atomic E-state index is 0.0950. The van der Waals surface area contributed by atoms with Gasteiger partial charge in [-0.25, -0.2) is 4.39 Å². The first-order valence-corrected chi connectivity index (χ1v) is 7.48. The van der Waals surface area contributed by atoms with Crippen molar-refractivity contribution in [3.8, 4) is 0 Å². The Labute approximate surface area is 116 Å². The van der Waals surface area contributed by atoms with E-state index in [4.69, 9.17) is 15.2 Å². The smallest absolute Gasteiger partial charge is 0.147 e. The van der Waals surface area contributed by atoms with Gasteiger partial charge in [-0.15, -0.1) is 11.8 Å². The van der Waals surface area contributed by atoms with E-state index >= 15 is 0 Å². The molecule has 2 aliphatic rings. The van der Waals surface area contributed by atoms with Gasteiger partial charge < -0.3 is 15.2 Å². The highest BCUT2D eigenvalue weighted by atomic mass is 32.2.